The highest BCUT2D eigenvalue weighted by Crippen LogP contribution is 2.33. The van der Waals surface area contributed by atoms with E-state index in [1.54, 1.807) is 30.3 Å². The van der Waals surface area contributed by atoms with Gasteiger partial charge in [0.2, 0.25) is 5.91 Å². The summed E-state index contributed by atoms with van der Waals surface area (Å²) in [6.45, 7) is 0.269. The molecular weight excluding hydrogens is 458 g/mol. The summed E-state index contributed by atoms with van der Waals surface area (Å²) in [7, 11) is 0. The van der Waals surface area contributed by atoms with E-state index < -0.39 is 11.8 Å². The summed E-state index contributed by atoms with van der Waals surface area (Å²) in [5.41, 5.74) is 5.30. The van der Waals surface area contributed by atoms with Crippen molar-refractivity contribution in [3.8, 4) is 5.75 Å². The van der Waals surface area contributed by atoms with Gasteiger partial charge < -0.3 is 5.11 Å². The van der Waals surface area contributed by atoms with Crippen molar-refractivity contribution in [1.29, 1.82) is 0 Å². The number of thiocarbonyl (C=S) groups is 1. The number of hydrogen-bond donors (Lipinski definition) is 3. The van der Waals surface area contributed by atoms with Crippen LogP contribution in [-0.4, -0.2) is 38.6 Å². The number of benzene rings is 2. The zero-order valence-corrected chi connectivity index (χ0v) is 18.5. The number of aromatic hydroxyl groups is 1. The molecule has 31 heavy (non-hydrogen) atoms. The van der Waals surface area contributed by atoms with Crippen molar-refractivity contribution < 1.29 is 19.5 Å². The number of hydrogen-bond acceptors (Lipinski definition) is 6. The maximum Gasteiger partial charge on any atom is 0.273 e. The molecule has 10 heteroatoms. The van der Waals surface area contributed by atoms with Crippen LogP contribution >= 0.6 is 35.6 Å². The molecule has 2 aromatic carbocycles. The molecule has 1 saturated heterocycles. The average Bonchev–Trinajstić information content (AvgIpc) is 3.01. The Morgan fingerprint density at radius 1 is 1.13 bits per heavy atom. The lowest BCUT2D eigenvalue weighted by Crippen LogP contribution is -2.42. The number of hydrazine groups is 1. The van der Waals surface area contributed by atoms with Gasteiger partial charge in [-0.2, -0.15) is 0 Å². The standard InChI is InChI=1S/C21H18ClN3O4S2/c22-15-8-3-1-6-13(15)12-17-20(29)25(21(30)31-17)11-5-10-18(27)23-24-19(28)14-7-2-4-9-16(14)26/h1-4,6-9,12,26H,5,10-11H2,(H,23,27)(H,24,28). The number of para-hydroxylation sites is 1. The predicted molar refractivity (Wildman–Crippen MR) is 124 cm³/mol. The van der Waals surface area contributed by atoms with E-state index in [4.69, 9.17) is 23.8 Å². The topological polar surface area (TPSA) is 98.7 Å². The number of phenols is 1. The van der Waals surface area contributed by atoms with Crippen molar-refractivity contribution >= 4 is 63.7 Å². The van der Waals surface area contributed by atoms with Gasteiger partial charge in [0.1, 0.15) is 10.1 Å². The molecule has 1 aliphatic rings. The first-order valence-corrected chi connectivity index (χ1v) is 10.8. The van der Waals surface area contributed by atoms with E-state index in [0.29, 0.717) is 20.7 Å². The van der Waals surface area contributed by atoms with Crippen LogP contribution in [0, 0.1) is 0 Å². The number of carbonyl (C=O) groups excluding carboxylic acids is 3. The molecular formula is C21H18ClN3O4S2. The highest BCUT2D eigenvalue weighted by atomic mass is 35.5. The average molecular weight is 476 g/mol. The van der Waals surface area contributed by atoms with Gasteiger partial charge in [0.25, 0.3) is 11.8 Å². The Kier molecular flexibility index (Phi) is 7.67. The molecule has 160 valence electrons. The van der Waals surface area contributed by atoms with Gasteiger partial charge in [0.05, 0.1) is 10.5 Å². The van der Waals surface area contributed by atoms with Gasteiger partial charge in [-0.05, 0) is 36.3 Å². The van der Waals surface area contributed by atoms with Gasteiger partial charge in [0, 0.05) is 18.0 Å². The molecule has 0 radical (unpaired) electrons. The van der Waals surface area contributed by atoms with Crippen molar-refractivity contribution in [3.05, 3.63) is 69.6 Å². The first-order chi connectivity index (χ1) is 14.9. The number of phenolic OH excluding ortho intramolecular Hbond substituents is 1. The molecule has 1 aliphatic heterocycles. The first kappa shape index (κ1) is 22.8. The number of rotatable bonds is 6. The van der Waals surface area contributed by atoms with Crippen molar-refractivity contribution in [1.82, 2.24) is 15.8 Å². The predicted octanol–water partition coefficient (Wildman–Crippen LogP) is 3.49. The highest BCUT2D eigenvalue weighted by molar-refractivity contribution is 8.26. The largest absolute Gasteiger partial charge is 0.507 e. The van der Waals surface area contributed by atoms with E-state index in [-0.39, 0.29) is 30.2 Å². The molecule has 0 spiro atoms. The Morgan fingerprint density at radius 3 is 2.58 bits per heavy atom. The van der Waals surface area contributed by atoms with E-state index in [0.717, 1.165) is 5.56 Å². The summed E-state index contributed by atoms with van der Waals surface area (Å²) >= 11 is 12.6. The van der Waals surface area contributed by atoms with Crippen LogP contribution in [0.3, 0.4) is 0 Å². The second-order valence-electron chi connectivity index (χ2n) is 6.48. The third kappa shape index (κ3) is 5.84. The van der Waals surface area contributed by atoms with Gasteiger partial charge >= 0.3 is 0 Å². The number of halogens is 1. The Hall–Kier alpha value is -2.88. The smallest absolute Gasteiger partial charge is 0.273 e. The summed E-state index contributed by atoms with van der Waals surface area (Å²) in [6, 6.07) is 13.2. The maximum absolute atomic E-state index is 12.6. The van der Waals surface area contributed by atoms with Crippen molar-refractivity contribution in [2.75, 3.05) is 6.54 Å². The Balaban J connectivity index is 1.48. The van der Waals surface area contributed by atoms with E-state index in [1.165, 1.54) is 28.8 Å². The highest BCUT2D eigenvalue weighted by Gasteiger charge is 2.31. The zero-order chi connectivity index (χ0) is 22.4. The molecule has 0 saturated carbocycles. The minimum atomic E-state index is -0.631. The fourth-order valence-electron chi connectivity index (χ4n) is 2.75. The van der Waals surface area contributed by atoms with Crippen LogP contribution in [0.25, 0.3) is 6.08 Å². The number of nitrogens with zero attached hydrogens (tertiary/aromatic N) is 1. The van der Waals surface area contributed by atoms with Gasteiger partial charge in [-0.1, -0.05) is 65.9 Å². The van der Waals surface area contributed by atoms with Crippen LogP contribution in [0.4, 0.5) is 0 Å². The zero-order valence-electron chi connectivity index (χ0n) is 16.1. The molecule has 1 heterocycles. The third-order valence-corrected chi connectivity index (χ3v) is 6.04. The van der Waals surface area contributed by atoms with E-state index in [9.17, 15) is 19.5 Å². The van der Waals surface area contributed by atoms with Gasteiger partial charge in [-0.25, -0.2) is 0 Å². The summed E-state index contributed by atoms with van der Waals surface area (Å²) in [4.78, 5) is 38.5. The fourth-order valence-corrected chi connectivity index (χ4v) is 4.24. The molecule has 7 nitrogen and oxygen atoms in total. The Labute approximate surface area is 193 Å². The summed E-state index contributed by atoms with van der Waals surface area (Å²) in [6.07, 6.45) is 2.12. The van der Waals surface area contributed by atoms with Gasteiger partial charge in [-0.3, -0.25) is 30.1 Å². The number of nitrogens with one attached hydrogen (secondary N) is 2. The van der Waals surface area contributed by atoms with Crippen LogP contribution in [0.2, 0.25) is 5.02 Å². The summed E-state index contributed by atoms with van der Waals surface area (Å²) in [5, 5.41) is 10.2. The second kappa shape index (κ2) is 10.4. The van der Waals surface area contributed by atoms with Gasteiger partial charge in [-0.15, -0.1) is 0 Å². The molecule has 0 unspecified atom stereocenters. The van der Waals surface area contributed by atoms with Crippen molar-refractivity contribution in [3.63, 3.8) is 0 Å². The molecule has 0 aromatic heterocycles. The molecule has 1 fully saturated rings. The SMILES string of the molecule is O=C(CCCN1C(=O)C(=Cc2ccccc2Cl)SC1=S)NNC(=O)c1ccccc1O. The van der Waals surface area contributed by atoms with Gasteiger partial charge in [0.15, 0.2) is 0 Å². The second-order valence-corrected chi connectivity index (χ2v) is 8.56. The van der Waals surface area contributed by atoms with Crippen LogP contribution in [0.1, 0.15) is 28.8 Å². The van der Waals surface area contributed by atoms with Crippen LogP contribution in [0.5, 0.6) is 5.75 Å². The third-order valence-electron chi connectivity index (χ3n) is 4.32. The minimum Gasteiger partial charge on any atom is -0.507 e. The maximum atomic E-state index is 12.6. The molecule has 0 aliphatic carbocycles. The molecule has 0 atom stereocenters. The van der Waals surface area contributed by atoms with E-state index in [1.807, 2.05) is 12.1 Å². The normalized spacial score (nSPS) is 14.7. The van der Waals surface area contributed by atoms with Crippen LogP contribution in [0.15, 0.2) is 53.4 Å². The fraction of sp³-hybridized carbons (Fsp3) is 0.143. The Bertz CT molecular complexity index is 1070. The number of carbonyl (C=O) groups is 3. The summed E-state index contributed by atoms with van der Waals surface area (Å²) in [5.74, 6) is -1.48. The molecule has 0 bridgehead atoms. The van der Waals surface area contributed by atoms with E-state index >= 15 is 0 Å². The molecule has 3 N–H and O–H groups in total. The van der Waals surface area contributed by atoms with E-state index in [2.05, 4.69) is 10.9 Å². The lowest BCUT2D eigenvalue weighted by Gasteiger charge is -2.14. The summed E-state index contributed by atoms with van der Waals surface area (Å²) < 4.78 is 0.413. The van der Waals surface area contributed by atoms with Crippen molar-refractivity contribution in [2.45, 2.75) is 12.8 Å². The first-order valence-electron chi connectivity index (χ1n) is 9.24. The lowest BCUT2D eigenvalue weighted by molar-refractivity contribution is -0.124. The van der Waals surface area contributed by atoms with Crippen LogP contribution in [-0.2, 0) is 9.59 Å². The van der Waals surface area contributed by atoms with Crippen molar-refractivity contribution in [2.24, 2.45) is 0 Å². The number of amides is 3. The Morgan fingerprint density at radius 2 is 1.84 bits per heavy atom. The molecule has 3 rings (SSSR count). The monoisotopic (exact) mass is 475 g/mol. The quantitative estimate of drug-likeness (QED) is 0.336. The molecule has 2 aromatic rings. The number of thioether (sulfide) groups is 1. The molecule has 3 amide bonds. The van der Waals surface area contributed by atoms with Crippen LogP contribution < -0.4 is 10.9 Å². The minimum absolute atomic E-state index is 0.0469. The lowest BCUT2D eigenvalue weighted by atomic mass is 10.2.